The number of hydrogen-bond acceptors (Lipinski definition) is 4. The zero-order chi connectivity index (χ0) is 15.5. The first-order valence-corrected chi connectivity index (χ1v) is 6.98. The maximum Gasteiger partial charge on any atom is 0.335 e. The van der Waals surface area contributed by atoms with Crippen LogP contribution < -0.4 is 11.1 Å². The van der Waals surface area contributed by atoms with Crippen molar-refractivity contribution in [1.29, 1.82) is 0 Å². The average molecular weight is 313 g/mol. The third-order valence-electron chi connectivity index (χ3n) is 3.79. The van der Waals surface area contributed by atoms with Crippen LogP contribution in [0.4, 0.5) is 5.69 Å². The molecule has 0 unspecified atom stereocenters. The Labute approximate surface area is 127 Å². The lowest BCUT2D eigenvalue weighted by molar-refractivity contribution is -0.130. The number of anilines is 1. The molecule has 7 heteroatoms. The molecule has 1 amide bonds. The normalized spacial score (nSPS) is 17.2. The van der Waals surface area contributed by atoms with E-state index in [2.05, 4.69) is 5.32 Å². The molecule has 0 aliphatic carbocycles. The van der Waals surface area contributed by atoms with Crippen LogP contribution in [-0.2, 0) is 9.53 Å². The molecule has 0 atom stereocenters. The van der Waals surface area contributed by atoms with Gasteiger partial charge < -0.3 is 20.9 Å². The summed E-state index contributed by atoms with van der Waals surface area (Å²) in [5.41, 5.74) is 5.56. The number of carboxylic acid groups (broad SMARTS) is 1. The molecule has 1 aromatic rings. The van der Waals surface area contributed by atoms with E-state index in [9.17, 15) is 9.59 Å². The molecule has 1 saturated heterocycles. The van der Waals surface area contributed by atoms with E-state index in [0.29, 0.717) is 31.7 Å². The Kier molecular flexibility index (Phi) is 4.82. The van der Waals surface area contributed by atoms with Crippen molar-refractivity contribution in [2.24, 2.45) is 11.1 Å². The Morgan fingerprint density at radius 1 is 1.38 bits per heavy atom. The first kappa shape index (κ1) is 15.8. The van der Waals surface area contributed by atoms with Crippen LogP contribution in [0.5, 0.6) is 0 Å². The number of halogens is 1. The fraction of sp³-hybridized carbons (Fsp3) is 0.429. The predicted octanol–water partition coefficient (Wildman–Crippen LogP) is 1.73. The van der Waals surface area contributed by atoms with Gasteiger partial charge >= 0.3 is 5.97 Å². The summed E-state index contributed by atoms with van der Waals surface area (Å²) in [6.07, 6.45) is 1.11. The number of carbonyl (C=O) groups excluding carboxylic acids is 1. The fourth-order valence-electron chi connectivity index (χ4n) is 2.29. The van der Waals surface area contributed by atoms with Crippen LogP contribution in [0.15, 0.2) is 18.2 Å². The van der Waals surface area contributed by atoms with Gasteiger partial charge in [-0.05, 0) is 31.0 Å². The largest absolute Gasteiger partial charge is 0.478 e. The van der Waals surface area contributed by atoms with Gasteiger partial charge in [0.2, 0.25) is 5.91 Å². The van der Waals surface area contributed by atoms with Crippen LogP contribution in [0.1, 0.15) is 23.2 Å². The van der Waals surface area contributed by atoms with Gasteiger partial charge in [0, 0.05) is 19.8 Å². The summed E-state index contributed by atoms with van der Waals surface area (Å²) in [7, 11) is 0. The monoisotopic (exact) mass is 312 g/mol. The van der Waals surface area contributed by atoms with E-state index in [0.717, 1.165) is 0 Å². The average Bonchev–Trinajstić information content (AvgIpc) is 2.49. The molecule has 0 aromatic heterocycles. The lowest BCUT2D eigenvalue weighted by atomic mass is 9.79. The summed E-state index contributed by atoms with van der Waals surface area (Å²) in [4.78, 5) is 23.3. The topological polar surface area (TPSA) is 102 Å². The van der Waals surface area contributed by atoms with Gasteiger partial charge in [0.1, 0.15) is 0 Å². The predicted molar refractivity (Wildman–Crippen MR) is 78.6 cm³/mol. The van der Waals surface area contributed by atoms with Crippen molar-refractivity contribution < 1.29 is 19.4 Å². The first-order valence-electron chi connectivity index (χ1n) is 6.61. The molecule has 1 aliphatic heterocycles. The van der Waals surface area contributed by atoms with Crippen molar-refractivity contribution in [1.82, 2.24) is 0 Å². The number of ether oxygens (including phenoxy) is 1. The van der Waals surface area contributed by atoms with Crippen molar-refractivity contribution >= 4 is 29.2 Å². The maximum absolute atomic E-state index is 12.5. The van der Waals surface area contributed by atoms with Crippen LogP contribution in [-0.4, -0.2) is 36.7 Å². The number of nitrogens with one attached hydrogen (secondary N) is 1. The van der Waals surface area contributed by atoms with Crippen LogP contribution in [0.3, 0.4) is 0 Å². The molecule has 0 radical (unpaired) electrons. The molecule has 2 rings (SSSR count). The minimum atomic E-state index is -1.07. The fourth-order valence-corrected chi connectivity index (χ4v) is 2.52. The quantitative estimate of drug-likeness (QED) is 0.786. The van der Waals surface area contributed by atoms with Gasteiger partial charge in [-0.3, -0.25) is 4.79 Å². The van der Waals surface area contributed by atoms with E-state index in [1.54, 1.807) is 0 Å². The minimum Gasteiger partial charge on any atom is -0.478 e. The second kappa shape index (κ2) is 6.43. The number of rotatable bonds is 4. The molecule has 1 aliphatic rings. The highest BCUT2D eigenvalue weighted by molar-refractivity contribution is 6.34. The van der Waals surface area contributed by atoms with Gasteiger partial charge in [-0.25, -0.2) is 4.79 Å². The van der Waals surface area contributed by atoms with E-state index in [1.807, 2.05) is 0 Å². The molecule has 0 bridgehead atoms. The Bertz CT molecular complexity index is 556. The highest BCUT2D eigenvalue weighted by Gasteiger charge is 2.39. The van der Waals surface area contributed by atoms with E-state index in [4.69, 9.17) is 27.2 Å². The summed E-state index contributed by atoms with van der Waals surface area (Å²) in [5.74, 6) is -1.28. The lowest BCUT2D eigenvalue weighted by Crippen LogP contribution is -2.46. The van der Waals surface area contributed by atoms with E-state index in [1.165, 1.54) is 18.2 Å². The van der Waals surface area contributed by atoms with Crippen molar-refractivity contribution in [3.63, 3.8) is 0 Å². The van der Waals surface area contributed by atoms with Crippen LogP contribution in [0.25, 0.3) is 0 Å². The van der Waals surface area contributed by atoms with Crippen molar-refractivity contribution in [2.45, 2.75) is 12.8 Å². The Morgan fingerprint density at radius 3 is 2.57 bits per heavy atom. The van der Waals surface area contributed by atoms with Crippen LogP contribution >= 0.6 is 11.6 Å². The summed E-state index contributed by atoms with van der Waals surface area (Å²) in [6.45, 7) is 1.22. The number of nitrogens with two attached hydrogens (primary N) is 1. The van der Waals surface area contributed by atoms with Gasteiger partial charge in [-0.2, -0.15) is 0 Å². The van der Waals surface area contributed by atoms with Crippen LogP contribution in [0.2, 0.25) is 5.02 Å². The molecule has 0 spiro atoms. The van der Waals surface area contributed by atoms with Crippen LogP contribution in [0, 0.1) is 5.41 Å². The minimum absolute atomic E-state index is 0.0672. The smallest absolute Gasteiger partial charge is 0.335 e. The number of amides is 1. The van der Waals surface area contributed by atoms with E-state index in [-0.39, 0.29) is 23.0 Å². The van der Waals surface area contributed by atoms with Crippen molar-refractivity contribution in [2.75, 3.05) is 25.1 Å². The third kappa shape index (κ3) is 3.34. The summed E-state index contributed by atoms with van der Waals surface area (Å²) < 4.78 is 5.27. The zero-order valence-electron chi connectivity index (χ0n) is 11.4. The molecule has 6 nitrogen and oxygen atoms in total. The third-order valence-corrected chi connectivity index (χ3v) is 4.10. The van der Waals surface area contributed by atoms with Gasteiger partial charge in [-0.1, -0.05) is 11.6 Å². The Hall–Kier alpha value is -1.63. The second-order valence-electron chi connectivity index (χ2n) is 5.05. The molecular weight excluding hydrogens is 296 g/mol. The summed E-state index contributed by atoms with van der Waals surface area (Å²) in [5, 5.41) is 11.8. The molecule has 0 saturated carbocycles. The standard InChI is InChI=1S/C14H17ClN2O4/c15-10-7-9(12(18)19)1-2-11(10)17-13(20)14(8-16)3-5-21-6-4-14/h1-2,7H,3-6,8,16H2,(H,17,20)(H,18,19). The molecule has 114 valence electrons. The summed E-state index contributed by atoms with van der Waals surface area (Å²) >= 11 is 6.01. The van der Waals surface area contributed by atoms with Crippen molar-refractivity contribution in [3.8, 4) is 0 Å². The molecular formula is C14H17ClN2O4. The lowest BCUT2D eigenvalue weighted by Gasteiger charge is -2.34. The summed E-state index contributed by atoms with van der Waals surface area (Å²) in [6, 6.07) is 4.18. The molecule has 1 heterocycles. The highest BCUT2D eigenvalue weighted by Crippen LogP contribution is 2.32. The van der Waals surface area contributed by atoms with E-state index < -0.39 is 11.4 Å². The first-order chi connectivity index (χ1) is 9.98. The molecule has 1 aromatic carbocycles. The van der Waals surface area contributed by atoms with Gasteiger partial charge in [0.05, 0.1) is 21.7 Å². The van der Waals surface area contributed by atoms with Gasteiger partial charge in [-0.15, -0.1) is 0 Å². The maximum atomic E-state index is 12.5. The number of benzene rings is 1. The Balaban J connectivity index is 2.17. The number of carbonyl (C=O) groups is 2. The Morgan fingerprint density at radius 2 is 2.05 bits per heavy atom. The number of carboxylic acids is 1. The zero-order valence-corrected chi connectivity index (χ0v) is 12.2. The second-order valence-corrected chi connectivity index (χ2v) is 5.46. The van der Waals surface area contributed by atoms with Crippen molar-refractivity contribution in [3.05, 3.63) is 28.8 Å². The van der Waals surface area contributed by atoms with E-state index >= 15 is 0 Å². The molecule has 21 heavy (non-hydrogen) atoms. The molecule has 1 fully saturated rings. The van der Waals surface area contributed by atoms with Gasteiger partial charge in [0.15, 0.2) is 0 Å². The van der Waals surface area contributed by atoms with Gasteiger partial charge in [0.25, 0.3) is 0 Å². The molecule has 4 N–H and O–H groups in total. The number of hydrogen-bond donors (Lipinski definition) is 3. The highest BCUT2D eigenvalue weighted by atomic mass is 35.5. The SMILES string of the molecule is NCC1(C(=O)Nc2ccc(C(=O)O)cc2Cl)CCOCC1. The number of aromatic carboxylic acids is 1.